The Hall–Kier alpha value is 0.01000. The van der Waals surface area contributed by atoms with Crippen molar-refractivity contribution in [1.82, 2.24) is 5.32 Å². The molecular formula is C11H17Cl2NO2. The second kappa shape index (κ2) is 3.76. The minimum Gasteiger partial charge on any atom is -0.388 e. The van der Waals surface area contributed by atoms with Crippen molar-refractivity contribution in [3.8, 4) is 0 Å². The molecule has 0 spiro atoms. The van der Waals surface area contributed by atoms with Gasteiger partial charge < -0.3 is 10.4 Å². The van der Waals surface area contributed by atoms with Gasteiger partial charge in [-0.15, -0.1) is 23.2 Å². The SMILES string of the molecule is CC1(C(=O)NCC2(O)CCCC2)CC1(Cl)Cl. The number of halogens is 2. The summed E-state index contributed by atoms with van der Waals surface area (Å²) in [6.45, 7) is 2.06. The largest absolute Gasteiger partial charge is 0.388 e. The molecule has 0 aromatic rings. The van der Waals surface area contributed by atoms with Crippen LogP contribution in [-0.4, -0.2) is 27.5 Å². The maximum absolute atomic E-state index is 11.9. The highest BCUT2D eigenvalue weighted by atomic mass is 35.5. The maximum atomic E-state index is 11.9. The Kier molecular flexibility index (Phi) is 2.93. The lowest BCUT2D eigenvalue weighted by molar-refractivity contribution is -0.127. The van der Waals surface area contributed by atoms with E-state index in [2.05, 4.69) is 5.32 Å². The van der Waals surface area contributed by atoms with E-state index in [9.17, 15) is 9.90 Å². The van der Waals surface area contributed by atoms with Gasteiger partial charge in [0.1, 0.15) is 4.33 Å². The van der Waals surface area contributed by atoms with Crippen molar-refractivity contribution in [2.75, 3.05) is 6.54 Å². The molecule has 92 valence electrons. The molecular weight excluding hydrogens is 249 g/mol. The van der Waals surface area contributed by atoms with Crippen LogP contribution in [0, 0.1) is 5.41 Å². The molecule has 0 aliphatic heterocycles. The smallest absolute Gasteiger partial charge is 0.229 e. The van der Waals surface area contributed by atoms with Crippen LogP contribution in [0.3, 0.4) is 0 Å². The molecule has 2 saturated carbocycles. The summed E-state index contributed by atoms with van der Waals surface area (Å²) < 4.78 is -0.935. The lowest BCUT2D eigenvalue weighted by Crippen LogP contribution is -2.44. The fourth-order valence-electron chi connectivity index (χ4n) is 2.30. The van der Waals surface area contributed by atoms with Crippen molar-refractivity contribution in [3.63, 3.8) is 0 Å². The number of carbonyl (C=O) groups is 1. The van der Waals surface area contributed by atoms with Crippen LogP contribution in [0.15, 0.2) is 0 Å². The van der Waals surface area contributed by atoms with Gasteiger partial charge in [-0.25, -0.2) is 0 Å². The van der Waals surface area contributed by atoms with Crippen molar-refractivity contribution < 1.29 is 9.90 Å². The first-order chi connectivity index (χ1) is 7.29. The molecule has 0 aromatic carbocycles. The van der Waals surface area contributed by atoms with Gasteiger partial charge >= 0.3 is 0 Å². The van der Waals surface area contributed by atoms with Gasteiger partial charge in [-0.05, 0) is 26.2 Å². The van der Waals surface area contributed by atoms with E-state index in [1.807, 2.05) is 0 Å². The normalized spacial score (nSPS) is 34.8. The van der Waals surface area contributed by atoms with Crippen LogP contribution in [0.4, 0.5) is 0 Å². The van der Waals surface area contributed by atoms with Gasteiger partial charge in [0.2, 0.25) is 5.91 Å². The summed E-state index contributed by atoms with van der Waals surface area (Å²) in [6.07, 6.45) is 4.05. The topological polar surface area (TPSA) is 49.3 Å². The van der Waals surface area contributed by atoms with E-state index < -0.39 is 15.3 Å². The van der Waals surface area contributed by atoms with Crippen molar-refractivity contribution in [1.29, 1.82) is 0 Å². The van der Waals surface area contributed by atoms with Crippen molar-refractivity contribution in [3.05, 3.63) is 0 Å². The second-order valence-electron chi connectivity index (χ2n) is 5.33. The van der Waals surface area contributed by atoms with E-state index >= 15 is 0 Å². The molecule has 0 heterocycles. The molecule has 16 heavy (non-hydrogen) atoms. The summed E-state index contributed by atoms with van der Waals surface area (Å²) in [5.41, 5.74) is -1.41. The quantitative estimate of drug-likeness (QED) is 0.767. The summed E-state index contributed by atoms with van der Waals surface area (Å²) in [6, 6.07) is 0. The Morgan fingerprint density at radius 1 is 1.38 bits per heavy atom. The van der Waals surface area contributed by atoms with Gasteiger partial charge in [0.05, 0.1) is 11.0 Å². The highest BCUT2D eigenvalue weighted by Crippen LogP contribution is 2.63. The summed E-state index contributed by atoms with van der Waals surface area (Å²) in [5.74, 6) is -0.155. The number of carbonyl (C=O) groups excluding carboxylic acids is 1. The number of amides is 1. The molecule has 2 aliphatic rings. The minimum atomic E-state index is -0.935. The lowest BCUT2D eigenvalue weighted by Gasteiger charge is -2.23. The van der Waals surface area contributed by atoms with Gasteiger partial charge in [-0.3, -0.25) is 4.79 Å². The van der Waals surface area contributed by atoms with Crippen molar-refractivity contribution >= 4 is 29.1 Å². The fraction of sp³-hybridized carbons (Fsp3) is 0.909. The molecule has 0 bridgehead atoms. The summed E-state index contributed by atoms with van der Waals surface area (Å²) in [4.78, 5) is 11.9. The highest BCUT2D eigenvalue weighted by molar-refractivity contribution is 6.53. The lowest BCUT2D eigenvalue weighted by atomic mass is 10.0. The molecule has 0 saturated heterocycles. The van der Waals surface area contributed by atoms with E-state index in [1.54, 1.807) is 6.92 Å². The van der Waals surface area contributed by atoms with Gasteiger partial charge in [0, 0.05) is 6.54 Å². The molecule has 1 amide bonds. The molecule has 5 heteroatoms. The van der Waals surface area contributed by atoms with Crippen LogP contribution in [0.25, 0.3) is 0 Å². The standard InChI is InChI=1S/C11H17Cl2NO2/c1-9(6-11(9,12)13)8(15)14-7-10(16)4-2-3-5-10/h16H,2-7H2,1H3,(H,14,15). The zero-order valence-electron chi connectivity index (χ0n) is 9.35. The number of aliphatic hydroxyl groups is 1. The van der Waals surface area contributed by atoms with Crippen molar-refractivity contribution in [2.45, 2.75) is 49.0 Å². The monoisotopic (exact) mass is 265 g/mol. The summed E-state index contributed by atoms with van der Waals surface area (Å²) in [7, 11) is 0. The molecule has 2 aliphatic carbocycles. The molecule has 1 unspecified atom stereocenters. The first kappa shape index (κ1) is 12.5. The number of hydrogen-bond acceptors (Lipinski definition) is 2. The van der Waals surface area contributed by atoms with Crippen LogP contribution in [0.1, 0.15) is 39.0 Å². The first-order valence-corrected chi connectivity index (χ1v) is 6.43. The van der Waals surface area contributed by atoms with E-state index in [-0.39, 0.29) is 5.91 Å². The van der Waals surface area contributed by atoms with E-state index in [0.717, 1.165) is 25.7 Å². The van der Waals surface area contributed by atoms with Crippen LogP contribution < -0.4 is 5.32 Å². The number of hydrogen-bond donors (Lipinski definition) is 2. The van der Waals surface area contributed by atoms with Gasteiger partial charge in [0.25, 0.3) is 0 Å². The molecule has 1 atom stereocenters. The van der Waals surface area contributed by atoms with Gasteiger partial charge in [-0.1, -0.05) is 12.8 Å². The Balaban J connectivity index is 1.85. The second-order valence-corrected chi connectivity index (χ2v) is 6.81. The third-order valence-corrected chi connectivity index (χ3v) is 4.97. The Bertz CT molecular complexity index is 313. The number of nitrogens with one attached hydrogen (secondary N) is 1. The zero-order chi connectivity index (χ0) is 12.0. The van der Waals surface area contributed by atoms with E-state index in [4.69, 9.17) is 23.2 Å². The van der Waals surface area contributed by atoms with E-state index in [0.29, 0.717) is 13.0 Å². The molecule has 2 rings (SSSR count). The van der Waals surface area contributed by atoms with Crippen LogP contribution in [0.2, 0.25) is 0 Å². The number of alkyl halides is 2. The highest BCUT2D eigenvalue weighted by Gasteiger charge is 2.67. The third kappa shape index (κ3) is 2.05. The maximum Gasteiger partial charge on any atom is 0.229 e. The average Bonchev–Trinajstić information content (AvgIpc) is 2.59. The van der Waals surface area contributed by atoms with Gasteiger partial charge in [0.15, 0.2) is 0 Å². The predicted octanol–water partition coefficient (Wildman–Crippen LogP) is 1.99. The Labute approximate surface area is 105 Å². The van der Waals surface area contributed by atoms with Crippen LogP contribution in [-0.2, 0) is 4.79 Å². The molecule has 3 nitrogen and oxygen atoms in total. The minimum absolute atomic E-state index is 0.155. The first-order valence-electron chi connectivity index (χ1n) is 5.68. The number of rotatable bonds is 3. The third-order valence-electron chi connectivity index (χ3n) is 3.87. The van der Waals surface area contributed by atoms with E-state index in [1.165, 1.54) is 0 Å². The molecule has 0 aromatic heterocycles. The molecule has 2 fully saturated rings. The average molecular weight is 266 g/mol. The Morgan fingerprint density at radius 3 is 2.31 bits per heavy atom. The van der Waals surface area contributed by atoms with Gasteiger partial charge in [-0.2, -0.15) is 0 Å². The Morgan fingerprint density at radius 2 is 1.88 bits per heavy atom. The summed E-state index contributed by atoms with van der Waals surface area (Å²) >= 11 is 11.8. The van der Waals surface area contributed by atoms with Crippen molar-refractivity contribution in [2.24, 2.45) is 5.41 Å². The molecule has 0 radical (unpaired) electrons. The van der Waals surface area contributed by atoms with Crippen LogP contribution >= 0.6 is 23.2 Å². The summed E-state index contributed by atoms with van der Waals surface area (Å²) in [5, 5.41) is 12.8. The zero-order valence-corrected chi connectivity index (χ0v) is 10.9. The molecule has 2 N–H and O–H groups in total. The fourth-order valence-corrected chi connectivity index (χ4v) is 3.00. The van der Waals surface area contributed by atoms with Crippen LogP contribution in [0.5, 0.6) is 0 Å². The predicted molar refractivity (Wildman–Crippen MR) is 63.6 cm³/mol.